The zero-order valence-corrected chi connectivity index (χ0v) is 8.16. The van der Waals surface area contributed by atoms with Crippen LogP contribution in [0, 0.1) is 0 Å². The summed E-state index contributed by atoms with van der Waals surface area (Å²) in [7, 11) is 0. The van der Waals surface area contributed by atoms with Crippen molar-refractivity contribution in [2.75, 3.05) is 0 Å². The molecule has 0 aliphatic rings. The second-order valence-corrected chi connectivity index (χ2v) is 3.37. The highest BCUT2D eigenvalue weighted by Gasteiger charge is 1.99. The number of aldehydes is 1. The lowest BCUT2D eigenvalue weighted by molar-refractivity contribution is 0.112. The van der Waals surface area contributed by atoms with E-state index < -0.39 is 0 Å². The molecule has 0 fully saturated rings. The second kappa shape index (κ2) is 3.62. The van der Waals surface area contributed by atoms with E-state index in [-0.39, 0.29) is 0 Å². The van der Waals surface area contributed by atoms with Gasteiger partial charge in [0.15, 0.2) is 6.29 Å². The largest absolute Gasteiger partial charge is 0.298 e. The van der Waals surface area contributed by atoms with Crippen LogP contribution in [0.15, 0.2) is 36.4 Å². The quantitative estimate of drug-likeness (QED) is 0.655. The molecule has 0 unspecified atom stereocenters. The van der Waals surface area contributed by atoms with Crippen LogP contribution in [0.1, 0.15) is 22.8 Å². The van der Waals surface area contributed by atoms with Crippen molar-refractivity contribution in [3.63, 3.8) is 0 Å². The van der Waals surface area contributed by atoms with Gasteiger partial charge in [0.1, 0.15) is 0 Å². The molecule has 2 rings (SSSR count). The van der Waals surface area contributed by atoms with Gasteiger partial charge in [-0.2, -0.15) is 0 Å². The molecule has 0 saturated carbocycles. The van der Waals surface area contributed by atoms with Crippen molar-refractivity contribution in [3.05, 3.63) is 47.5 Å². The van der Waals surface area contributed by atoms with E-state index in [1.54, 1.807) is 0 Å². The van der Waals surface area contributed by atoms with Gasteiger partial charge in [0.05, 0.1) is 0 Å². The van der Waals surface area contributed by atoms with Crippen molar-refractivity contribution in [2.24, 2.45) is 0 Å². The van der Waals surface area contributed by atoms with Gasteiger partial charge in [-0.25, -0.2) is 0 Å². The number of carbonyl (C=O) groups is 1. The van der Waals surface area contributed by atoms with Crippen LogP contribution >= 0.6 is 0 Å². The number of fused-ring (bicyclic) bond motifs is 1. The SMILES string of the molecule is CCc1ccc2cccc(C=O)c2c1. The van der Waals surface area contributed by atoms with Crippen LogP contribution in [0.4, 0.5) is 0 Å². The fourth-order valence-corrected chi connectivity index (χ4v) is 1.67. The van der Waals surface area contributed by atoms with Gasteiger partial charge < -0.3 is 0 Å². The third kappa shape index (κ3) is 1.41. The lowest BCUT2D eigenvalue weighted by atomic mass is 10.0. The first kappa shape index (κ1) is 8.95. The maximum atomic E-state index is 10.8. The molecule has 0 bridgehead atoms. The third-order valence-electron chi connectivity index (χ3n) is 2.52. The smallest absolute Gasteiger partial charge is 0.150 e. The Morgan fingerprint density at radius 2 is 2.07 bits per heavy atom. The molecule has 2 aromatic carbocycles. The van der Waals surface area contributed by atoms with Crippen LogP contribution in [0.3, 0.4) is 0 Å². The van der Waals surface area contributed by atoms with E-state index in [1.165, 1.54) is 5.56 Å². The molecule has 0 saturated heterocycles. The summed E-state index contributed by atoms with van der Waals surface area (Å²) in [6, 6.07) is 12.1. The van der Waals surface area contributed by atoms with Crippen LogP contribution in [-0.4, -0.2) is 6.29 Å². The molecule has 1 nitrogen and oxygen atoms in total. The van der Waals surface area contributed by atoms with E-state index in [9.17, 15) is 4.79 Å². The average molecular weight is 184 g/mol. The number of hydrogen-bond acceptors (Lipinski definition) is 1. The Bertz CT molecular complexity index is 472. The first-order valence-corrected chi connectivity index (χ1v) is 4.82. The molecule has 14 heavy (non-hydrogen) atoms. The molecule has 0 aliphatic heterocycles. The Labute approximate surface area is 83.4 Å². The highest BCUT2D eigenvalue weighted by Crippen LogP contribution is 2.19. The van der Waals surface area contributed by atoms with Crippen molar-refractivity contribution >= 4 is 17.1 Å². The van der Waals surface area contributed by atoms with Crippen LogP contribution in [-0.2, 0) is 6.42 Å². The molecule has 1 heteroatoms. The summed E-state index contributed by atoms with van der Waals surface area (Å²) in [6.45, 7) is 2.12. The molecule has 0 spiro atoms. The van der Waals surface area contributed by atoms with Gasteiger partial charge in [-0.15, -0.1) is 0 Å². The minimum Gasteiger partial charge on any atom is -0.298 e. The normalized spacial score (nSPS) is 10.4. The third-order valence-corrected chi connectivity index (χ3v) is 2.52. The first-order valence-electron chi connectivity index (χ1n) is 4.82. The van der Waals surface area contributed by atoms with E-state index in [2.05, 4.69) is 25.1 Å². The molecule has 0 aliphatic carbocycles. The first-order chi connectivity index (χ1) is 6.85. The Hall–Kier alpha value is -1.63. The zero-order valence-electron chi connectivity index (χ0n) is 8.16. The van der Waals surface area contributed by atoms with Crippen LogP contribution in [0.25, 0.3) is 10.8 Å². The maximum absolute atomic E-state index is 10.8. The lowest BCUT2D eigenvalue weighted by Crippen LogP contribution is -1.85. The second-order valence-electron chi connectivity index (χ2n) is 3.37. The monoisotopic (exact) mass is 184 g/mol. The molecule has 0 aromatic heterocycles. The van der Waals surface area contributed by atoms with Gasteiger partial charge in [-0.05, 0) is 22.8 Å². The summed E-state index contributed by atoms with van der Waals surface area (Å²) < 4.78 is 0. The Morgan fingerprint density at radius 3 is 2.79 bits per heavy atom. The van der Waals surface area contributed by atoms with Crippen molar-refractivity contribution in [2.45, 2.75) is 13.3 Å². The number of carbonyl (C=O) groups excluding carboxylic acids is 1. The maximum Gasteiger partial charge on any atom is 0.150 e. The van der Waals surface area contributed by atoms with E-state index >= 15 is 0 Å². The van der Waals surface area contributed by atoms with Crippen LogP contribution in [0.5, 0.6) is 0 Å². The van der Waals surface area contributed by atoms with Crippen molar-refractivity contribution < 1.29 is 4.79 Å². The fraction of sp³-hybridized carbons (Fsp3) is 0.154. The molecule has 0 N–H and O–H groups in total. The van der Waals surface area contributed by atoms with Crippen molar-refractivity contribution in [1.82, 2.24) is 0 Å². The van der Waals surface area contributed by atoms with Crippen LogP contribution < -0.4 is 0 Å². The van der Waals surface area contributed by atoms with Crippen molar-refractivity contribution in [1.29, 1.82) is 0 Å². The highest BCUT2D eigenvalue weighted by molar-refractivity contribution is 5.98. The fourth-order valence-electron chi connectivity index (χ4n) is 1.67. The highest BCUT2D eigenvalue weighted by atomic mass is 16.1. The molecule has 0 amide bonds. The Kier molecular flexibility index (Phi) is 2.32. The zero-order chi connectivity index (χ0) is 9.97. The van der Waals surface area contributed by atoms with E-state index in [1.807, 2.05) is 18.2 Å². The van der Waals surface area contributed by atoms with Gasteiger partial charge in [0, 0.05) is 5.56 Å². The average Bonchev–Trinajstić information content (AvgIpc) is 2.27. The summed E-state index contributed by atoms with van der Waals surface area (Å²) >= 11 is 0. The summed E-state index contributed by atoms with van der Waals surface area (Å²) in [6.07, 6.45) is 1.92. The molecule has 0 radical (unpaired) electrons. The van der Waals surface area contributed by atoms with E-state index in [0.717, 1.165) is 29.0 Å². The standard InChI is InChI=1S/C13H12O/c1-2-10-6-7-11-4-3-5-12(9-14)13(11)8-10/h3-9H,2H2,1H3. The summed E-state index contributed by atoms with van der Waals surface area (Å²) in [5, 5.41) is 2.19. The van der Waals surface area contributed by atoms with Gasteiger partial charge in [0.2, 0.25) is 0 Å². The minimum absolute atomic E-state index is 0.776. The topological polar surface area (TPSA) is 17.1 Å². The molecule has 0 atom stereocenters. The summed E-state index contributed by atoms with van der Waals surface area (Å²) in [5.74, 6) is 0. The molecule has 70 valence electrons. The number of aryl methyl sites for hydroxylation is 1. The van der Waals surface area contributed by atoms with E-state index in [0.29, 0.717) is 0 Å². The Morgan fingerprint density at radius 1 is 1.21 bits per heavy atom. The molecular weight excluding hydrogens is 172 g/mol. The molecule has 2 aromatic rings. The number of benzene rings is 2. The number of rotatable bonds is 2. The predicted octanol–water partition coefficient (Wildman–Crippen LogP) is 3.21. The minimum atomic E-state index is 0.776. The van der Waals surface area contributed by atoms with Gasteiger partial charge >= 0.3 is 0 Å². The summed E-state index contributed by atoms with van der Waals surface area (Å²) in [4.78, 5) is 10.8. The number of hydrogen-bond donors (Lipinski definition) is 0. The summed E-state index contributed by atoms with van der Waals surface area (Å²) in [5.41, 5.74) is 2.05. The molecular formula is C13H12O. The van der Waals surface area contributed by atoms with Gasteiger partial charge in [-0.1, -0.05) is 43.3 Å². The lowest BCUT2D eigenvalue weighted by Gasteiger charge is -2.03. The molecule has 0 heterocycles. The predicted molar refractivity (Wildman–Crippen MR) is 58.7 cm³/mol. The van der Waals surface area contributed by atoms with Crippen molar-refractivity contribution in [3.8, 4) is 0 Å². The van der Waals surface area contributed by atoms with Gasteiger partial charge in [-0.3, -0.25) is 4.79 Å². The van der Waals surface area contributed by atoms with Gasteiger partial charge in [0.25, 0.3) is 0 Å². The Balaban J connectivity index is 2.76. The van der Waals surface area contributed by atoms with Crippen LogP contribution in [0.2, 0.25) is 0 Å². The van der Waals surface area contributed by atoms with E-state index in [4.69, 9.17) is 0 Å².